The third-order valence-electron chi connectivity index (χ3n) is 3.29. The Kier molecular flexibility index (Phi) is 10.4. The quantitative estimate of drug-likeness (QED) is 0.195. The van der Waals surface area contributed by atoms with Crippen molar-refractivity contribution in [1.82, 2.24) is 10.6 Å². The number of carbonyl (C=O) groups is 1. The highest BCUT2D eigenvalue weighted by Gasteiger charge is 2.34. The predicted molar refractivity (Wildman–Crippen MR) is 114 cm³/mol. The molecule has 1 aromatic carbocycles. The van der Waals surface area contributed by atoms with Gasteiger partial charge in [0.05, 0.1) is 5.69 Å². The molecule has 0 radical (unpaired) electrons. The van der Waals surface area contributed by atoms with Crippen LogP contribution in [0, 0.1) is 0 Å². The number of hydrogen-bond donors (Lipinski definition) is 3. The minimum Gasteiger partial charge on any atom is -0.339 e. The van der Waals surface area contributed by atoms with Gasteiger partial charge in [0.1, 0.15) is 6.17 Å². The van der Waals surface area contributed by atoms with Crippen molar-refractivity contribution >= 4 is 79.7 Å². The average molecular weight is 490 g/mol. The van der Waals surface area contributed by atoms with Crippen LogP contribution in [-0.2, 0) is 4.79 Å². The van der Waals surface area contributed by atoms with Crippen molar-refractivity contribution in [3.8, 4) is 0 Å². The number of carbonyl (C=O) groups excluding carboxylic acids is 1. The minimum absolute atomic E-state index is 0.191. The van der Waals surface area contributed by atoms with E-state index in [9.17, 15) is 4.79 Å². The van der Waals surface area contributed by atoms with Gasteiger partial charge in [-0.05, 0) is 46.7 Å². The Labute approximate surface area is 177 Å². The van der Waals surface area contributed by atoms with Gasteiger partial charge in [-0.2, -0.15) is 0 Å². The van der Waals surface area contributed by atoms with Crippen LogP contribution in [0.15, 0.2) is 28.7 Å². The van der Waals surface area contributed by atoms with Crippen LogP contribution in [-0.4, -0.2) is 21.0 Å². The highest BCUT2D eigenvalue weighted by molar-refractivity contribution is 9.10. The van der Waals surface area contributed by atoms with Crippen LogP contribution in [0.3, 0.4) is 0 Å². The van der Waals surface area contributed by atoms with E-state index in [-0.39, 0.29) is 11.0 Å². The lowest BCUT2D eigenvalue weighted by molar-refractivity contribution is -0.122. The molecule has 0 aliphatic rings. The number of para-hydroxylation sites is 1. The molecule has 0 aliphatic carbocycles. The molecule has 1 rings (SSSR count). The maximum Gasteiger partial charge on any atom is 0.228 e. The van der Waals surface area contributed by atoms with Crippen molar-refractivity contribution in [2.24, 2.45) is 0 Å². The van der Waals surface area contributed by atoms with Crippen molar-refractivity contribution in [1.29, 1.82) is 0 Å². The second-order valence-corrected chi connectivity index (χ2v) is 9.06. The summed E-state index contributed by atoms with van der Waals surface area (Å²) in [6, 6.07) is 7.46. The van der Waals surface area contributed by atoms with Gasteiger partial charge in [-0.1, -0.05) is 73.1 Å². The van der Waals surface area contributed by atoms with E-state index in [1.807, 2.05) is 24.3 Å². The van der Waals surface area contributed by atoms with Crippen molar-refractivity contribution < 1.29 is 4.79 Å². The second-order valence-electron chi connectivity index (χ2n) is 5.43. The van der Waals surface area contributed by atoms with Crippen molar-refractivity contribution in [3.05, 3.63) is 28.7 Å². The second kappa shape index (κ2) is 11.4. The number of anilines is 1. The molecule has 9 heteroatoms. The van der Waals surface area contributed by atoms with Crippen LogP contribution in [0.5, 0.6) is 0 Å². The maximum atomic E-state index is 12.1. The summed E-state index contributed by atoms with van der Waals surface area (Å²) in [5.74, 6) is -0.191. The molecule has 0 aliphatic heterocycles. The van der Waals surface area contributed by atoms with E-state index in [0.29, 0.717) is 6.42 Å². The summed E-state index contributed by atoms with van der Waals surface area (Å²) in [4.78, 5) is 12.1. The molecule has 140 valence electrons. The molecule has 3 N–H and O–H groups in total. The maximum absolute atomic E-state index is 12.1. The number of rotatable bonds is 8. The number of nitrogens with one attached hydrogen (secondary N) is 3. The molecule has 1 amide bonds. The summed E-state index contributed by atoms with van der Waals surface area (Å²) in [6.45, 7) is 2.11. The van der Waals surface area contributed by atoms with Gasteiger partial charge in [0.2, 0.25) is 9.70 Å². The van der Waals surface area contributed by atoms with E-state index >= 15 is 0 Å². The molecule has 0 aromatic heterocycles. The average Bonchev–Trinajstić information content (AvgIpc) is 2.52. The molecule has 0 fully saturated rings. The van der Waals surface area contributed by atoms with Gasteiger partial charge in [-0.15, -0.1) is 0 Å². The molecule has 0 saturated carbocycles. The lowest BCUT2D eigenvalue weighted by Gasteiger charge is -2.28. The molecular formula is C16H21BrCl3N3OS. The fraction of sp³-hybridized carbons (Fsp3) is 0.500. The van der Waals surface area contributed by atoms with E-state index in [1.165, 1.54) is 0 Å². The third-order valence-corrected chi connectivity index (χ3v) is 4.85. The molecule has 25 heavy (non-hydrogen) atoms. The van der Waals surface area contributed by atoms with Crippen molar-refractivity contribution in [2.75, 3.05) is 5.32 Å². The van der Waals surface area contributed by atoms with Crippen LogP contribution in [0.2, 0.25) is 0 Å². The van der Waals surface area contributed by atoms with Gasteiger partial charge in [0, 0.05) is 10.9 Å². The van der Waals surface area contributed by atoms with Gasteiger partial charge < -0.3 is 16.0 Å². The Bertz CT molecular complexity index is 584. The third kappa shape index (κ3) is 9.29. The number of thiocarbonyl (C=S) groups is 1. The summed E-state index contributed by atoms with van der Waals surface area (Å²) in [5, 5.41) is 8.74. The molecule has 0 bridgehead atoms. The molecule has 0 spiro atoms. The Morgan fingerprint density at radius 1 is 1.20 bits per heavy atom. The lowest BCUT2D eigenvalue weighted by Crippen LogP contribution is -2.56. The molecular weight excluding hydrogens is 469 g/mol. The Balaban J connectivity index is 2.59. The predicted octanol–water partition coefficient (Wildman–Crippen LogP) is 5.52. The van der Waals surface area contributed by atoms with E-state index in [0.717, 1.165) is 35.8 Å². The van der Waals surface area contributed by atoms with Gasteiger partial charge in [-0.25, -0.2) is 0 Å². The first-order valence-electron chi connectivity index (χ1n) is 7.92. The fourth-order valence-electron chi connectivity index (χ4n) is 2.00. The molecule has 1 aromatic rings. The largest absolute Gasteiger partial charge is 0.339 e. The van der Waals surface area contributed by atoms with E-state index in [1.54, 1.807) is 0 Å². The number of benzene rings is 1. The van der Waals surface area contributed by atoms with Gasteiger partial charge in [-0.3, -0.25) is 4.79 Å². The Morgan fingerprint density at radius 2 is 1.88 bits per heavy atom. The first-order chi connectivity index (χ1) is 11.7. The first-order valence-corrected chi connectivity index (χ1v) is 10.3. The van der Waals surface area contributed by atoms with Crippen LogP contribution in [0.25, 0.3) is 0 Å². The van der Waals surface area contributed by atoms with E-state index in [2.05, 4.69) is 38.8 Å². The summed E-state index contributed by atoms with van der Waals surface area (Å²) in [5.41, 5.74) is 0.758. The standard InChI is InChI=1S/C16H21BrCl3N3OS/c1-2-3-4-5-10-13(24)22-14(16(18,19)20)23-15(25)21-12-9-7-6-8-11(12)17/h6-9,14H,2-5,10H2,1H3,(H,22,24)(H2,21,23,25)/t14-/m0/s1. The van der Waals surface area contributed by atoms with Crippen LogP contribution in [0.1, 0.15) is 39.0 Å². The molecule has 4 nitrogen and oxygen atoms in total. The fourth-order valence-corrected chi connectivity index (χ4v) is 2.94. The molecule has 0 unspecified atom stereocenters. The monoisotopic (exact) mass is 487 g/mol. The van der Waals surface area contributed by atoms with E-state index in [4.69, 9.17) is 47.0 Å². The van der Waals surface area contributed by atoms with E-state index < -0.39 is 9.96 Å². The SMILES string of the molecule is CCCCCCC(=O)N[C@@H](NC(=S)Nc1ccccc1Br)C(Cl)(Cl)Cl. The highest BCUT2D eigenvalue weighted by Crippen LogP contribution is 2.29. The van der Waals surface area contributed by atoms with Crippen LogP contribution < -0.4 is 16.0 Å². The number of amides is 1. The number of hydrogen-bond acceptors (Lipinski definition) is 2. The zero-order valence-corrected chi connectivity index (χ0v) is 18.4. The number of alkyl halides is 3. The normalized spacial score (nSPS) is 12.4. The molecule has 0 saturated heterocycles. The number of unbranched alkanes of at least 4 members (excludes halogenated alkanes) is 3. The topological polar surface area (TPSA) is 53.2 Å². The van der Waals surface area contributed by atoms with Crippen LogP contribution in [0.4, 0.5) is 5.69 Å². The lowest BCUT2D eigenvalue weighted by atomic mass is 10.1. The first kappa shape index (κ1) is 22.8. The minimum atomic E-state index is -1.75. The van der Waals surface area contributed by atoms with Crippen molar-refractivity contribution in [3.63, 3.8) is 0 Å². The van der Waals surface area contributed by atoms with Gasteiger partial charge in [0.25, 0.3) is 0 Å². The summed E-state index contributed by atoms with van der Waals surface area (Å²) in [7, 11) is 0. The molecule has 1 atom stereocenters. The Morgan fingerprint density at radius 3 is 2.48 bits per heavy atom. The van der Waals surface area contributed by atoms with Crippen molar-refractivity contribution in [2.45, 2.75) is 49.0 Å². The molecule has 0 heterocycles. The summed E-state index contributed by atoms with van der Waals surface area (Å²) in [6.07, 6.45) is 3.43. The zero-order chi connectivity index (χ0) is 18.9. The van der Waals surface area contributed by atoms with Crippen LogP contribution >= 0.6 is 63.0 Å². The summed E-state index contributed by atoms with van der Waals surface area (Å²) >= 11 is 26.5. The smallest absolute Gasteiger partial charge is 0.228 e. The highest BCUT2D eigenvalue weighted by atomic mass is 79.9. The van der Waals surface area contributed by atoms with Gasteiger partial charge >= 0.3 is 0 Å². The Hall–Kier alpha value is -0.270. The number of halogens is 4. The zero-order valence-electron chi connectivity index (χ0n) is 13.8. The van der Waals surface area contributed by atoms with Gasteiger partial charge in [0.15, 0.2) is 5.11 Å². The summed E-state index contributed by atoms with van der Waals surface area (Å²) < 4.78 is -0.914.